The maximum atomic E-state index is 14.1. The molecule has 3 saturated heterocycles. The molecule has 0 bridgehead atoms. The maximum absolute atomic E-state index is 14.1. The third kappa shape index (κ3) is 5.66. The number of piperazine rings is 1. The van der Waals surface area contributed by atoms with Crippen LogP contribution in [0.5, 0.6) is 0 Å². The van der Waals surface area contributed by atoms with E-state index in [0.717, 1.165) is 73.9 Å². The molecule has 0 unspecified atom stereocenters. The molecule has 210 valence electrons. The minimum atomic E-state index is -0.941. The Morgan fingerprint density at radius 3 is 2.75 bits per heavy atom. The van der Waals surface area contributed by atoms with E-state index in [0.29, 0.717) is 24.6 Å². The molecule has 4 atom stereocenters. The summed E-state index contributed by atoms with van der Waals surface area (Å²) in [6.45, 7) is 11.0. The monoisotopic (exact) mass is 545 g/mol. The molecular formula is C29H36FN9O. The van der Waals surface area contributed by atoms with Crippen LogP contribution < -0.4 is 20.4 Å². The van der Waals surface area contributed by atoms with Crippen LogP contribution in [0.15, 0.2) is 36.5 Å². The van der Waals surface area contributed by atoms with Crippen LogP contribution in [0.1, 0.15) is 18.2 Å². The number of benzene rings is 1. The number of alkyl halides is 1. The van der Waals surface area contributed by atoms with Crippen molar-refractivity contribution in [3.63, 3.8) is 0 Å². The van der Waals surface area contributed by atoms with Gasteiger partial charge in [0.2, 0.25) is 5.95 Å². The van der Waals surface area contributed by atoms with Gasteiger partial charge < -0.3 is 25.2 Å². The summed E-state index contributed by atoms with van der Waals surface area (Å²) in [7, 11) is 0. The number of rotatable bonds is 6. The molecule has 10 nitrogen and oxygen atoms in total. The van der Waals surface area contributed by atoms with Crippen LogP contribution in [0.3, 0.4) is 0 Å². The van der Waals surface area contributed by atoms with Crippen LogP contribution in [0.4, 0.5) is 21.8 Å². The van der Waals surface area contributed by atoms with E-state index < -0.39 is 6.17 Å². The maximum Gasteiger partial charge on any atom is 0.225 e. The minimum Gasteiger partial charge on any atom is -0.370 e. The zero-order valence-electron chi connectivity index (χ0n) is 23.1. The van der Waals surface area contributed by atoms with Crippen molar-refractivity contribution in [3.8, 4) is 6.07 Å². The summed E-state index contributed by atoms with van der Waals surface area (Å²) in [5.41, 5.74) is 3.31. The van der Waals surface area contributed by atoms with Gasteiger partial charge in [-0.05, 0) is 38.1 Å². The second kappa shape index (κ2) is 11.5. The Hall–Kier alpha value is -3.59. The predicted molar refractivity (Wildman–Crippen MR) is 154 cm³/mol. The van der Waals surface area contributed by atoms with E-state index in [1.807, 2.05) is 37.3 Å². The lowest BCUT2D eigenvalue weighted by molar-refractivity contribution is -0.0327. The van der Waals surface area contributed by atoms with Crippen LogP contribution >= 0.6 is 0 Å². The number of pyridine rings is 1. The predicted octanol–water partition coefficient (Wildman–Crippen LogP) is 2.34. The summed E-state index contributed by atoms with van der Waals surface area (Å²) in [4.78, 5) is 20.8. The van der Waals surface area contributed by atoms with Crippen LogP contribution in [-0.4, -0.2) is 103 Å². The molecule has 0 saturated carbocycles. The van der Waals surface area contributed by atoms with E-state index in [-0.39, 0.29) is 18.2 Å². The number of halogens is 1. The fraction of sp³-hybridized carbons (Fsp3) is 0.517. The number of aryl methyl sites for hydroxylation is 1. The Labute approximate surface area is 234 Å². The molecule has 3 aromatic rings. The average molecular weight is 546 g/mol. The van der Waals surface area contributed by atoms with Crippen molar-refractivity contribution in [1.29, 1.82) is 5.26 Å². The van der Waals surface area contributed by atoms with Gasteiger partial charge in [-0.15, -0.1) is 0 Å². The van der Waals surface area contributed by atoms with Crippen molar-refractivity contribution in [2.24, 2.45) is 0 Å². The van der Waals surface area contributed by atoms with Gasteiger partial charge in [-0.3, -0.25) is 9.88 Å². The van der Waals surface area contributed by atoms with Gasteiger partial charge in [-0.25, -0.2) is 9.37 Å². The largest absolute Gasteiger partial charge is 0.370 e. The molecule has 3 aliphatic heterocycles. The number of hydrogen-bond acceptors (Lipinski definition) is 10. The van der Waals surface area contributed by atoms with Crippen molar-refractivity contribution in [2.75, 3.05) is 74.0 Å². The molecule has 3 aliphatic rings. The molecule has 11 heteroatoms. The van der Waals surface area contributed by atoms with Crippen molar-refractivity contribution < 1.29 is 9.13 Å². The van der Waals surface area contributed by atoms with Crippen LogP contribution in [0, 0.1) is 18.3 Å². The Balaban J connectivity index is 1.09. The number of nitrogens with zero attached hydrogens (tertiary/aromatic N) is 7. The molecule has 2 aromatic heterocycles. The first kappa shape index (κ1) is 26.6. The van der Waals surface area contributed by atoms with Gasteiger partial charge >= 0.3 is 0 Å². The zero-order chi connectivity index (χ0) is 27.6. The van der Waals surface area contributed by atoms with E-state index >= 15 is 0 Å². The van der Waals surface area contributed by atoms with Crippen LogP contribution in [0.25, 0.3) is 10.9 Å². The number of nitrogens with one attached hydrogen (secondary N) is 2. The third-order valence-corrected chi connectivity index (χ3v) is 7.99. The Bertz CT molecular complexity index is 1390. The topological polar surface area (TPSA) is 105 Å². The van der Waals surface area contributed by atoms with Gasteiger partial charge in [0.15, 0.2) is 0 Å². The molecule has 2 N–H and O–H groups in total. The molecule has 6 rings (SSSR count). The van der Waals surface area contributed by atoms with Gasteiger partial charge in [-0.1, -0.05) is 0 Å². The molecule has 0 aliphatic carbocycles. The average Bonchev–Trinajstić information content (AvgIpc) is 3.36. The summed E-state index contributed by atoms with van der Waals surface area (Å²) < 4.78 is 20.5. The lowest BCUT2D eigenvalue weighted by Crippen LogP contribution is -2.54. The normalized spacial score (nSPS) is 25.8. The first-order valence-electron chi connectivity index (χ1n) is 14.1. The van der Waals surface area contributed by atoms with Gasteiger partial charge in [0.05, 0.1) is 29.3 Å². The highest BCUT2D eigenvalue weighted by Gasteiger charge is 2.30. The SMILES string of the molecule is Cc1cc(N2CCN(C[C@H]3CN(c4ccc(C#N)c5ncccc45)C[C@@H](C)O3)CC2)nc(N[C@H]2CNC[C@H]2F)n1. The van der Waals surface area contributed by atoms with Gasteiger partial charge in [0.1, 0.15) is 18.1 Å². The molecule has 40 heavy (non-hydrogen) atoms. The standard InChI is InChI=1S/C29H36FN9O/c1-19-12-27(36-29(34-19)35-25-15-32-14-24(25)30)38-10-8-37(9-11-38)17-22-18-39(16-20(2)40-22)26-6-5-21(13-31)28-23(26)4-3-7-33-28/h3-7,12,20,22,24-25,32H,8-11,14-18H2,1-2H3,(H,34,35,36)/t20-,22+,24-,25+/m1/s1. The lowest BCUT2D eigenvalue weighted by atomic mass is 10.1. The number of aromatic nitrogens is 3. The molecule has 3 fully saturated rings. The Kier molecular flexibility index (Phi) is 7.65. The van der Waals surface area contributed by atoms with E-state index in [2.05, 4.69) is 48.3 Å². The second-order valence-corrected chi connectivity index (χ2v) is 11.0. The van der Waals surface area contributed by atoms with E-state index in [4.69, 9.17) is 9.72 Å². The van der Waals surface area contributed by atoms with Crippen molar-refractivity contribution in [3.05, 3.63) is 47.8 Å². The van der Waals surface area contributed by atoms with Crippen LogP contribution in [0.2, 0.25) is 0 Å². The molecular weight excluding hydrogens is 509 g/mol. The molecule has 0 radical (unpaired) electrons. The number of nitriles is 1. The van der Waals surface area contributed by atoms with Gasteiger partial charge in [0, 0.05) is 87.9 Å². The number of ether oxygens (including phenoxy) is 1. The summed E-state index contributed by atoms with van der Waals surface area (Å²) in [6.07, 6.45) is 0.966. The Morgan fingerprint density at radius 1 is 1.12 bits per heavy atom. The number of morpholine rings is 1. The fourth-order valence-corrected chi connectivity index (χ4v) is 6.05. The fourth-order valence-electron chi connectivity index (χ4n) is 6.05. The first-order valence-corrected chi connectivity index (χ1v) is 14.1. The highest BCUT2D eigenvalue weighted by Crippen LogP contribution is 2.30. The van der Waals surface area contributed by atoms with E-state index in [1.54, 1.807) is 6.20 Å². The summed E-state index contributed by atoms with van der Waals surface area (Å²) in [5, 5.41) is 16.8. The Morgan fingerprint density at radius 2 is 1.98 bits per heavy atom. The number of anilines is 3. The minimum absolute atomic E-state index is 0.0726. The number of fused-ring (bicyclic) bond motifs is 1. The highest BCUT2D eigenvalue weighted by molar-refractivity contribution is 5.95. The highest BCUT2D eigenvalue weighted by atomic mass is 19.1. The van der Waals surface area contributed by atoms with E-state index in [9.17, 15) is 9.65 Å². The third-order valence-electron chi connectivity index (χ3n) is 7.99. The van der Waals surface area contributed by atoms with Crippen molar-refractivity contribution >= 4 is 28.4 Å². The summed E-state index contributed by atoms with van der Waals surface area (Å²) in [6, 6.07) is 11.8. The summed E-state index contributed by atoms with van der Waals surface area (Å²) >= 11 is 0. The first-order chi connectivity index (χ1) is 19.5. The molecule has 1 aromatic carbocycles. The quantitative estimate of drug-likeness (QED) is 0.480. The zero-order valence-corrected chi connectivity index (χ0v) is 23.1. The number of hydrogen-bond donors (Lipinski definition) is 2. The lowest BCUT2D eigenvalue weighted by Gasteiger charge is -2.42. The van der Waals surface area contributed by atoms with E-state index in [1.165, 1.54) is 0 Å². The van der Waals surface area contributed by atoms with Crippen LogP contribution in [-0.2, 0) is 4.74 Å². The van der Waals surface area contributed by atoms with Gasteiger partial charge in [-0.2, -0.15) is 10.2 Å². The van der Waals surface area contributed by atoms with Crippen molar-refractivity contribution in [2.45, 2.75) is 38.3 Å². The molecule has 0 spiro atoms. The summed E-state index contributed by atoms with van der Waals surface area (Å²) in [5.74, 6) is 1.37. The smallest absolute Gasteiger partial charge is 0.225 e. The molecule has 5 heterocycles. The van der Waals surface area contributed by atoms with Crippen molar-refractivity contribution in [1.82, 2.24) is 25.2 Å². The second-order valence-electron chi connectivity index (χ2n) is 11.0. The molecule has 0 amide bonds. The van der Waals surface area contributed by atoms with Gasteiger partial charge in [0.25, 0.3) is 0 Å².